The molecule has 12 rings (SSSR count). The van der Waals surface area contributed by atoms with Crippen LogP contribution in [0.25, 0.3) is 0 Å². The highest BCUT2D eigenvalue weighted by molar-refractivity contribution is 5.79. The molecule has 0 bridgehead atoms. The van der Waals surface area contributed by atoms with Crippen molar-refractivity contribution in [3.05, 3.63) is 11.6 Å². The van der Waals surface area contributed by atoms with E-state index in [1.165, 1.54) is 13.8 Å². The van der Waals surface area contributed by atoms with Crippen LogP contribution in [0.1, 0.15) is 106 Å². The molecule has 42 atom stereocenters. The number of aliphatic hydroxyl groups excluding tert-OH is 20. The van der Waals surface area contributed by atoms with Crippen molar-refractivity contribution in [2.75, 3.05) is 39.6 Å². The molecule has 0 aromatic carbocycles. The third-order valence-electron chi connectivity index (χ3n) is 26.6. The summed E-state index contributed by atoms with van der Waals surface area (Å²) < 4.78 is 84.1. The van der Waals surface area contributed by atoms with Crippen molar-refractivity contribution in [3.8, 4) is 0 Å². The Morgan fingerprint density at radius 2 is 0.896 bits per heavy atom. The molecule has 21 N–H and O–H groups in total. The molecule has 7 aliphatic heterocycles. The summed E-state index contributed by atoms with van der Waals surface area (Å²) in [6.07, 6.45) is -56.4. The summed E-state index contributed by atoms with van der Waals surface area (Å²) in [5.74, 6) is -3.75. The molecule has 0 spiro atoms. The van der Waals surface area contributed by atoms with E-state index >= 15 is 4.79 Å². The molecule has 37 heteroatoms. The summed E-state index contributed by atoms with van der Waals surface area (Å²) in [5.41, 5.74) is -5.02. The van der Waals surface area contributed by atoms with Crippen molar-refractivity contribution in [1.82, 2.24) is 0 Å². The fourth-order valence-corrected chi connectivity index (χ4v) is 20.1. The quantitative estimate of drug-likeness (QED) is 0.0344. The molecule has 11 fully saturated rings. The van der Waals surface area contributed by atoms with Gasteiger partial charge < -0.3 is 174 Å². The second-order valence-electron chi connectivity index (χ2n) is 33.3. The van der Waals surface area contributed by atoms with Gasteiger partial charge in [0.2, 0.25) is 6.29 Å². The maximum atomic E-state index is 15.7. The van der Waals surface area contributed by atoms with E-state index in [1.54, 1.807) is 0 Å². The number of aliphatic carboxylic acids is 1. The first-order chi connectivity index (χ1) is 49.8. The van der Waals surface area contributed by atoms with Crippen LogP contribution in [0.3, 0.4) is 0 Å². The molecule has 12 aliphatic rings. The minimum atomic E-state index is -2.12. The van der Waals surface area contributed by atoms with Crippen LogP contribution >= 0.6 is 0 Å². The zero-order valence-electron chi connectivity index (χ0n) is 60.0. The van der Waals surface area contributed by atoms with Crippen LogP contribution in [-0.2, 0) is 75.9 Å². The number of aliphatic hydroxyl groups is 20. The molecular weight excluding hydrogens is 1420 g/mol. The molecular formula is C69H110O37. The number of hydrogen-bond acceptors (Lipinski definition) is 36. The zero-order valence-corrected chi connectivity index (χ0v) is 60.0. The number of esters is 1. The van der Waals surface area contributed by atoms with Gasteiger partial charge in [0.15, 0.2) is 43.8 Å². The molecule has 608 valence electrons. The molecule has 0 aromatic heterocycles. The summed E-state index contributed by atoms with van der Waals surface area (Å²) in [4.78, 5) is 30.1. The summed E-state index contributed by atoms with van der Waals surface area (Å²) in [6.45, 7) is 8.97. The number of carboxylic acids is 1. The number of hydrogen-bond donors (Lipinski definition) is 21. The summed E-state index contributed by atoms with van der Waals surface area (Å²) in [7, 11) is 0. The number of carbonyl (C=O) groups excluding carboxylic acids is 1. The Bertz CT molecular complexity index is 3060. The third-order valence-corrected chi connectivity index (χ3v) is 26.6. The topological polar surface area (TPSA) is 588 Å². The molecule has 0 aromatic rings. The lowest BCUT2D eigenvalue weighted by molar-refractivity contribution is -0.400. The van der Waals surface area contributed by atoms with E-state index in [9.17, 15) is 112 Å². The Labute approximate surface area is 609 Å². The molecule has 106 heavy (non-hydrogen) atoms. The van der Waals surface area contributed by atoms with Gasteiger partial charge in [-0.3, -0.25) is 9.59 Å². The van der Waals surface area contributed by atoms with E-state index in [2.05, 4.69) is 33.8 Å². The van der Waals surface area contributed by atoms with Crippen molar-refractivity contribution in [3.63, 3.8) is 0 Å². The molecule has 7 heterocycles. The van der Waals surface area contributed by atoms with E-state index in [0.717, 1.165) is 5.57 Å². The van der Waals surface area contributed by atoms with Crippen LogP contribution in [0.2, 0.25) is 0 Å². The van der Waals surface area contributed by atoms with Crippen LogP contribution < -0.4 is 0 Å². The van der Waals surface area contributed by atoms with Gasteiger partial charge in [0.05, 0.1) is 62.7 Å². The fourth-order valence-electron chi connectivity index (χ4n) is 20.1. The van der Waals surface area contributed by atoms with Crippen LogP contribution in [0.4, 0.5) is 0 Å². The van der Waals surface area contributed by atoms with E-state index in [1.807, 2.05) is 6.92 Å². The molecule has 37 nitrogen and oxygen atoms in total. The van der Waals surface area contributed by atoms with E-state index in [-0.39, 0.29) is 30.6 Å². The first-order valence-electron chi connectivity index (χ1n) is 36.7. The standard InChI is InChI=1S/C69H110O37/c1-24-49(100-55-45(86)36(77)28(74)21-93-55)50(101-56-46(87)37(78)29(75)22-94-56)48(89)58(96-24)102-51-38(79)30(76)23-95-59(51)106-63(92)69-14-12-64(2,3)16-26(69)25-8-9-34-65(4)17-27(73)54(68(7,62(90)91)35(65)10-11-67(34,6)66(25,5)13-15-69)105-61-53(44(85)41(82)33(20-72)99-61)104-60-52(43(84)40(81)32(19-71)98-60)103-57-47(88)42(83)39(80)31(18-70)97-57/h8,24,26-61,70-89H,9-23H2,1-7H3,(H,90,91)/t24-,26-,27-,28+,29-,30-,31+,32+,33+,34?,35?,36-,37-,38-,39+,40+,41+,42-,43-,44-,45+,46+,47+,48+,49-,50-,51+,52+,53+,54-,55-,56-,57-,58?,59-,60-,61-,65+,66+,67+,68-,69-/m0/s1. The Kier molecular flexibility index (Phi) is 24.4. The number of allylic oxidation sites excluding steroid dienone is 2. The van der Waals surface area contributed by atoms with Crippen molar-refractivity contribution in [2.45, 2.75) is 315 Å². The van der Waals surface area contributed by atoms with Crippen LogP contribution in [0.15, 0.2) is 11.6 Å². The van der Waals surface area contributed by atoms with E-state index < -0.39 is 299 Å². The molecule has 0 amide bonds. The van der Waals surface area contributed by atoms with Gasteiger partial charge in [-0.05, 0) is 111 Å². The summed E-state index contributed by atoms with van der Waals surface area (Å²) >= 11 is 0. The van der Waals surface area contributed by atoms with E-state index in [4.69, 9.17) is 66.3 Å². The maximum Gasteiger partial charge on any atom is 0.315 e. The molecule has 4 saturated carbocycles. The molecule has 5 aliphatic carbocycles. The normalized spacial score (nSPS) is 54.7. The minimum Gasteiger partial charge on any atom is -0.481 e. The number of carbonyl (C=O) groups is 2. The Morgan fingerprint density at radius 1 is 0.443 bits per heavy atom. The third kappa shape index (κ3) is 14.2. The summed E-state index contributed by atoms with van der Waals surface area (Å²) in [6, 6.07) is 0. The van der Waals surface area contributed by atoms with Crippen LogP contribution in [-0.4, -0.2) is 368 Å². The first kappa shape index (κ1) is 82.8. The lowest BCUT2D eigenvalue weighted by Gasteiger charge is -2.71. The van der Waals surface area contributed by atoms with Gasteiger partial charge >= 0.3 is 11.9 Å². The smallest absolute Gasteiger partial charge is 0.315 e. The second-order valence-corrected chi connectivity index (χ2v) is 33.3. The highest BCUT2D eigenvalue weighted by Gasteiger charge is 2.74. The SMILES string of the molecule is C[C@@H]1OC(O[C@H]2[C@H](OC(=O)[C@]34CCC(C)(C)C[C@H]3C3=CCC5[C@@]6(C)C[C@H](O)[C@H](O[C@@H]7O[C@H](CO)[C@@H](O)[C@H](O)[C@H]7O[C@@H]7O[C@H](CO)[C@@H](O)[C@H](O)[C@H]7O[C@@H]7O[C@H](CO)[C@@H](O)[C@H](O)[C@H]7O)[C@@](C)(C(=O)O)C6CC[C@@]5(C)[C@]3(C)CC4)OC[C@H](O)[C@@H]2O)[C@H](O)[C@H](O[C@@H]2OC[C@H](O)[C@H](O)[C@H]2O)[C@H]1O[C@@H]1OC[C@@H](O)[C@H](O)[C@H]1O. The number of carboxylic acid groups (broad SMARTS) is 1. The average molecular weight is 1530 g/mol. The second kappa shape index (κ2) is 31.3. The molecule has 0 radical (unpaired) electrons. The lowest BCUT2D eigenvalue weighted by atomic mass is 9.33. The predicted molar refractivity (Wildman–Crippen MR) is 345 cm³/mol. The van der Waals surface area contributed by atoms with Gasteiger partial charge in [0, 0.05) is 0 Å². The average Bonchev–Trinajstić information content (AvgIpc) is 0.670. The summed E-state index contributed by atoms with van der Waals surface area (Å²) in [5, 5.41) is 231. The van der Waals surface area contributed by atoms with Crippen molar-refractivity contribution in [1.29, 1.82) is 0 Å². The fraction of sp³-hybridized carbons (Fsp3) is 0.942. The lowest BCUT2D eigenvalue weighted by Crippen LogP contribution is -2.71. The Balaban J connectivity index is 0.795. The molecule has 3 unspecified atom stereocenters. The number of ether oxygens (including phenoxy) is 14. The Morgan fingerprint density at radius 3 is 1.44 bits per heavy atom. The van der Waals surface area contributed by atoms with Crippen LogP contribution in [0.5, 0.6) is 0 Å². The monoisotopic (exact) mass is 1530 g/mol. The van der Waals surface area contributed by atoms with E-state index in [0.29, 0.717) is 38.5 Å². The van der Waals surface area contributed by atoms with Crippen molar-refractivity contribution in [2.24, 2.45) is 50.2 Å². The van der Waals surface area contributed by atoms with Gasteiger partial charge in [0.1, 0.15) is 146 Å². The largest absolute Gasteiger partial charge is 0.481 e. The van der Waals surface area contributed by atoms with Crippen molar-refractivity contribution >= 4 is 11.9 Å². The van der Waals surface area contributed by atoms with Gasteiger partial charge in [-0.2, -0.15) is 0 Å². The Hall–Kier alpha value is -2.64. The zero-order chi connectivity index (χ0) is 77.3. The highest BCUT2D eigenvalue weighted by atomic mass is 16.8. The first-order valence-corrected chi connectivity index (χ1v) is 36.7. The number of rotatable bonds is 18. The van der Waals surface area contributed by atoms with Crippen LogP contribution in [0, 0.1) is 50.2 Å². The maximum absolute atomic E-state index is 15.7. The number of fused-ring (bicyclic) bond motifs is 7. The van der Waals surface area contributed by atoms with Gasteiger partial charge in [-0.1, -0.05) is 46.3 Å². The minimum absolute atomic E-state index is 0.0775. The van der Waals surface area contributed by atoms with Gasteiger partial charge in [0.25, 0.3) is 0 Å². The molecule has 7 saturated heterocycles. The highest BCUT2D eigenvalue weighted by Crippen LogP contribution is 2.76. The van der Waals surface area contributed by atoms with Gasteiger partial charge in [-0.25, -0.2) is 0 Å². The van der Waals surface area contributed by atoms with Gasteiger partial charge in [-0.15, -0.1) is 0 Å². The van der Waals surface area contributed by atoms with Crippen molar-refractivity contribution < 1.29 is 183 Å². The predicted octanol–water partition coefficient (Wildman–Crippen LogP) is -7.58.